The molecule has 0 aliphatic carbocycles. The molecule has 0 saturated carbocycles. The molecule has 0 unspecified atom stereocenters. The fraction of sp³-hybridized carbons (Fsp3) is 0.438. The number of anilines is 1. The van der Waals surface area contributed by atoms with Crippen LogP contribution in [0.3, 0.4) is 0 Å². The van der Waals surface area contributed by atoms with Crippen LogP contribution >= 0.6 is 0 Å². The SMILES string of the molecule is CCCCCCCc1cc(N)c2ccccc2n1. The number of fused-ring (bicyclic) bond motifs is 1. The zero-order valence-electron chi connectivity index (χ0n) is 11.2. The third-order valence-electron chi connectivity index (χ3n) is 3.34. The summed E-state index contributed by atoms with van der Waals surface area (Å²) in [5.41, 5.74) is 9.06. The minimum Gasteiger partial charge on any atom is -0.398 e. The van der Waals surface area contributed by atoms with Crippen molar-refractivity contribution in [2.45, 2.75) is 45.4 Å². The molecule has 18 heavy (non-hydrogen) atoms. The Morgan fingerprint density at radius 3 is 2.67 bits per heavy atom. The van der Waals surface area contributed by atoms with Gasteiger partial charge in [0.25, 0.3) is 0 Å². The average molecular weight is 242 g/mol. The van der Waals surface area contributed by atoms with Crippen molar-refractivity contribution in [3.8, 4) is 0 Å². The van der Waals surface area contributed by atoms with Gasteiger partial charge in [0.2, 0.25) is 0 Å². The number of nitrogens with two attached hydrogens (primary N) is 1. The van der Waals surface area contributed by atoms with Gasteiger partial charge >= 0.3 is 0 Å². The summed E-state index contributed by atoms with van der Waals surface area (Å²) < 4.78 is 0. The maximum atomic E-state index is 6.07. The van der Waals surface area contributed by atoms with Crippen molar-refractivity contribution in [1.82, 2.24) is 4.98 Å². The lowest BCUT2D eigenvalue weighted by molar-refractivity contribution is 0.629. The van der Waals surface area contributed by atoms with Crippen molar-refractivity contribution >= 4 is 16.6 Å². The van der Waals surface area contributed by atoms with Crippen LogP contribution in [0.15, 0.2) is 30.3 Å². The lowest BCUT2D eigenvalue weighted by Crippen LogP contribution is -1.96. The summed E-state index contributed by atoms with van der Waals surface area (Å²) in [7, 11) is 0. The van der Waals surface area contributed by atoms with Crippen molar-refractivity contribution in [2.24, 2.45) is 0 Å². The molecule has 0 saturated heterocycles. The second-order valence-corrected chi connectivity index (χ2v) is 4.88. The van der Waals surface area contributed by atoms with Crippen LogP contribution in [-0.2, 0) is 6.42 Å². The van der Waals surface area contributed by atoms with Gasteiger partial charge in [-0.3, -0.25) is 4.98 Å². The number of aromatic nitrogens is 1. The number of hydrogen-bond acceptors (Lipinski definition) is 2. The van der Waals surface area contributed by atoms with Crippen LogP contribution in [0.4, 0.5) is 5.69 Å². The van der Waals surface area contributed by atoms with Crippen molar-refractivity contribution in [2.75, 3.05) is 5.73 Å². The molecular weight excluding hydrogens is 220 g/mol. The Morgan fingerprint density at radius 1 is 1.06 bits per heavy atom. The number of nitrogen functional groups attached to an aromatic ring is 1. The maximum absolute atomic E-state index is 6.07. The molecular formula is C16H22N2. The number of rotatable bonds is 6. The minimum atomic E-state index is 0.851. The summed E-state index contributed by atoms with van der Waals surface area (Å²) in [4.78, 5) is 4.67. The first kappa shape index (κ1) is 12.9. The number of unbranched alkanes of at least 4 members (excludes halogenated alkanes) is 4. The third-order valence-corrected chi connectivity index (χ3v) is 3.34. The van der Waals surface area contributed by atoms with Crippen molar-refractivity contribution in [3.05, 3.63) is 36.0 Å². The fourth-order valence-corrected chi connectivity index (χ4v) is 2.30. The summed E-state index contributed by atoms with van der Waals surface area (Å²) in [5.74, 6) is 0. The van der Waals surface area contributed by atoms with E-state index in [9.17, 15) is 0 Å². The number of aryl methyl sites for hydroxylation is 1. The first-order valence-corrected chi connectivity index (χ1v) is 6.95. The van der Waals surface area contributed by atoms with Gasteiger partial charge in [0, 0.05) is 16.8 Å². The number of benzene rings is 1. The molecule has 0 atom stereocenters. The van der Waals surface area contributed by atoms with E-state index in [1.54, 1.807) is 0 Å². The van der Waals surface area contributed by atoms with E-state index in [0.29, 0.717) is 0 Å². The Hall–Kier alpha value is -1.57. The Balaban J connectivity index is 2.01. The molecule has 0 spiro atoms. The number of hydrogen-bond donors (Lipinski definition) is 1. The number of pyridine rings is 1. The van der Waals surface area contributed by atoms with Gasteiger partial charge in [-0.05, 0) is 25.0 Å². The highest BCUT2D eigenvalue weighted by Crippen LogP contribution is 2.21. The lowest BCUT2D eigenvalue weighted by Gasteiger charge is -2.06. The van der Waals surface area contributed by atoms with Gasteiger partial charge in [-0.15, -0.1) is 0 Å². The standard InChI is InChI=1S/C16H22N2/c1-2-3-4-5-6-9-13-12-15(17)14-10-7-8-11-16(14)18-13/h7-8,10-12H,2-6,9H2,1H3,(H2,17,18). The zero-order valence-corrected chi connectivity index (χ0v) is 11.2. The van der Waals surface area contributed by atoms with Gasteiger partial charge in [0.15, 0.2) is 0 Å². The van der Waals surface area contributed by atoms with Crippen LogP contribution < -0.4 is 5.73 Å². The van der Waals surface area contributed by atoms with E-state index in [-0.39, 0.29) is 0 Å². The van der Waals surface area contributed by atoms with Crippen LogP contribution in [0, 0.1) is 0 Å². The molecule has 96 valence electrons. The van der Waals surface area contributed by atoms with E-state index in [1.807, 2.05) is 30.3 Å². The molecule has 0 bridgehead atoms. The van der Waals surface area contributed by atoms with Gasteiger partial charge in [-0.25, -0.2) is 0 Å². The smallest absolute Gasteiger partial charge is 0.0725 e. The monoisotopic (exact) mass is 242 g/mol. The molecule has 0 radical (unpaired) electrons. The Morgan fingerprint density at radius 2 is 1.83 bits per heavy atom. The molecule has 0 aliphatic heterocycles. The van der Waals surface area contributed by atoms with E-state index < -0.39 is 0 Å². The molecule has 2 nitrogen and oxygen atoms in total. The van der Waals surface area contributed by atoms with Gasteiger partial charge in [-0.2, -0.15) is 0 Å². The van der Waals surface area contributed by atoms with Gasteiger partial charge < -0.3 is 5.73 Å². The van der Waals surface area contributed by atoms with E-state index in [2.05, 4.69) is 11.9 Å². The molecule has 2 aromatic rings. The summed E-state index contributed by atoms with van der Waals surface area (Å²) >= 11 is 0. The number of nitrogens with zero attached hydrogens (tertiary/aromatic N) is 1. The van der Waals surface area contributed by atoms with Gasteiger partial charge in [-0.1, -0.05) is 50.8 Å². The molecule has 1 heterocycles. The minimum absolute atomic E-state index is 0.851. The van der Waals surface area contributed by atoms with E-state index in [0.717, 1.165) is 28.7 Å². The van der Waals surface area contributed by atoms with Crippen LogP contribution in [0.25, 0.3) is 10.9 Å². The largest absolute Gasteiger partial charge is 0.398 e. The average Bonchev–Trinajstić information content (AvgIpc) is 2.39. The predicted molar refractivity (Wildman–Crippen MR) is 78.6 cm³/mol. The highest BCUT2D eigenvalue weighted by atomic mass is 14.7. The highest BCUT2D eigenvalue weighted by molar-refractivity contribution is 5.90. The molecule has 0 fully saturated rings. The van der Waals surface area contributed by atoms with Crippen LogP contribution in [0.5, 0.6) is 0 Å². The molecule has 2 rings (SSSR count). The Kier molecular flexibility index (Phi) is 4.57. The Bertz CT molecular complexity index is 505. The molecule has 1 aromatic carbocycles. The van der Waals surface area contributed by atoms with E-state index >= 15 is 0 Å². The van der Waals surface area contributed by atoms with E-state index in [4.69, 9.17) is 5.73 Å². The zero-order chi connectivity index (χ0) is 12.8. The third kappa shape index (κ3) is 3.22. The Labute approximate surface area is 109 Å². The van der Waals surface area contributed by atoms with Crippen LogP contribution in [0.2, 0.25) is 0 Å². The quantitative estimate of drug-likeness (QED) is 0.766. The van der Waals surface area contributed by atoms with Crippen LogP contribution in [-0.4, -0.2) is 4.98 Å². The maximum Gasteiger partial charge on any atom is 0.0725 e. The second-order valence-electron chi connectivity index (χ2n) is 4.88. The second kappa shape index (κ2) is 6.39. The van der Waals surface area contributed by atoms with Crippen molar-refractivity contribution in [1.29, 1.82) is 0 Å². The predicted octanol–water partition coefficient (Wildman–Crippen LogP) is 4.33. The van der Waals surface area contributed by atoms with Gasteiger partial charge in [0.05, 0.1) is 5.52 Å². The number of para-hydroxylation sites is 1. The van der Waals surface area contributed by atoms with Crippen LogP contribution in [0.1, 0.15) is 44.7 Å². The first-order valence-electron chi connectivity index (χ1n) is 6.95. The first-order chi connectivity index (χ1) is 8.81. The molecule has 0 aliphatic rings. The summed E-state index contributed by atoms with van der Waals surface area (Å²) in [6.45, 7) is 2.24. The lowest BCUT2D eigenvalue weighted by atomic mass is 10.1. The molecule has 0 amide bonds. The topological polar surface area (TPSA) is 38.9 Å². The molecule has 2 N–H and O–H groups in total. The van der Waals surface area contributed by atoms with E-state index in [1.165, 1.54) is 32.1 Å². The normalized spacial score (nSPS) is 10.9. The van der Waals surface area contributed by atoms with Gasteiger partial charge in [0.1, 0.15) is 0 Å². The summed E-state index contributed by atoms with van der Waals surface area (Å²) in [6, 6.07) is 10.1. The van der Waals surface area contributed by atoms with Crippen molar-refractivity contribution < 1.29 is 0 Å². The van der Waals surface area contributed by atoms with Crippen molar-refractivity contribution in [3.63, 3.8) is 0 Å². The molecule has 1 aromatic heterocycles. The summed E-state index contributed by atoms with van der Waals surface area (Å²) in [5, 5.41) is 1.06. The fourth-order valence-electron chi connectivity index (χ4n) is 2.30. The molecule has 2 heteroatoms. The highest BCUT2D eigenvalue weighted by Gasteiger charge is 2.02. The summed E-state index contributed by atoms with van der Waals surface area (Å²) in [6.07, 6.45) is 7.51.